The number of nitrogens with zero attached hydrogens (tertiary/aromatic N) is 2. The average molecular weight is 249 g/mol. The van der Waals surface area contributed by atoms with E-state index < -0.39 is 6.09 Å². The number of carbonyl (C=O) groups is 1. The molecule has 0 aromatic carbocycles. The largest absolute Gasteiger partial charge is 0.487 e. The Bertz CT molecular complexity index is 491. The summed E-state index contributed by atoms with van der Waals surface area (Å²) in [6.45, 7) is 3.22. The van der Waals surface area contributed by atoms with Crippen molar-refractivity contribution in [3.8, 4) is 5.75 Å². The molecule has 1 aromatic rings. The second-order valence-corrected chi connectivity index (χ2v) is 4.69. The first-order valence-corrected chi connectivity index (χ1v) is 5.96. The third-order valence-corrected chi connectivity index (χ3v) is 3.43. The Morgan fingerprint density at radius 3 is 3.28 bits per heavy atom. The summed E-state index contributed by atoms with van der Waals surface area (Å²) in [6, 6.07) is 2.13. The van der Waals surface area contributed by atoms with E-state index in [1.54, 1.807) is 6.20 Å². The second-order valence-electron chi connectivity index (χ2n) is 4.69. The molecule has 1 amide bonds. The van der Waals surface area contributed by atoms with Crippen LogP contribution in [-0.2, 0) is 4.74 Å². The smallest absolute Gasteiger partial charge is 0.404 e. The first-order chi connectivity index (χ1) is 8.65. The van der Waals surface area contributed by atoms with Crippen LogP contribution in [0.5, 0.6) is 5.75 Å². The molecule has 18 heavy (non-hydrogen) atoms. The van der Waals surface area contributed by atoms with Gasteiger partial charge in [-0.15, -0.1) is 0 Å². The molecule has 3 heterocycles. The number of rotatable bonds is 1. The predicted octanol–water partition coefficient (Wildman–Crippen LogP) is 0.825. The zero-order valence-corrected chi connectivity index (χ0v) is 10.1. The van der Waals surface area contributed by atoms with Gasteiger partial charge in [0.15, 0.2) is 11.6 Å². The molecule has 0 aliphatic carbocycles. The van der Waals surface area contributed by atoms with Crippen molar-refractivity contribution in [3.05, 3.63) is 17.8 Å². The molecule has 0 bridgehead atoms. The molecule has 2 N–H and O–H groups in total. The van der Waals surface area contributed by atoms with Crippen LogP contribution < -0.4 is 15.4 Å². The van der Waals surface area contributed by atoms with Gasteiger partial charge in [-0.1, -0.05) is 0 Å². The summed E-state index contributed by atoms with van der Waals surface area (Å²) in [5.41, 5.74) is 6.12. The number of hydrogen-bond donors (Lipinski definition) is 1. The molecule has 2 aliphatic heterocycles. The molecule has 1 fully saturated rings. The maximum absolute atomic E-state index is 10.8. The molecule has 6 nitrogen and oxygen atoms in total. The number of pyridine rings is 1. The van der Waals surface area contributed by atoms with Gasteiger partial charge < -0.3 is 20.1 Å². The highest BCUT2D eigenvalue weighted by Crippen LogP contribution is 2.38. The van der Waals surface area contributed by atoms with Crippen LogP contribution in [0.25, 0.3) is 0 Å². The van der Waals surface area contributed by atoms with E-state index in [0.29, 0.717) is 13.2 Å². The Balaban J connectivity index is 1.86. The van der Waals surface area contributed by atoms with Crippen LogP contribution in [-0.4, -0.2) is 36.4 Å². The molecular formula is C12H15N3O3. The standard InChI is InChI=1S/C12H15N3O3/c1-7-2-3-14-11-10(7)17-6-8-4-9(5-15(8)11)18-12(13)16/h2-3,8-9H,4-6H2,1H3,(H2,13,16)/t8-,9-/m0/s1. The molecule has 6 heteroatoms. The van der Waals surface area contributed by atoms with E-state index in [1.165, 1.54) is 0 Å². The van der Waals surface area contributed by atoms with E-state index in [0.717, 1.165) is 23.6 Å². The topological polar surface area (TPSA) is 77.7 Å². The molecular weight excluding hydrogens is 234 g/mol. The van der Waals surface area contributed by atoms with Crippen LogP contribution in [0.15, 0.2) is 12.3 Å². The third-order valence-electron chi connectivity index (χ3n) is 3.43. The lowest BCUT2D eigenvalue weighted by atomic mass is 10.1. The van der Waals surface area contributed by atoms with Gasteiger partial charge in [-0.2, -0.15) is 0 Å². The maximum atomic E-state index is 10.8. The van der Waals surface area contributed by atoms with Crippen molar-refractivity contribution in [2.45, 2.75) is 25.5 Å². The lowest BCUT2D eigenvalue weighted by Crippen LogP contribution is -2.39. The Morgan fingerprint density at radius 1 is 1.67 bits per heavy atom. The van der Waals surface area contributed by atoms with E-state index in [4.69, 9.17) is 15.2 Å². The summed E-state index contributed by atoms with van der Waals surface area (Å²) < 4.78 is 10.8. The van der Waals surface area contributed by atoms with Crippen LogP contribution in [0.3, 0.4) is 0 Å². The number of aryl methyl sites for hydroxylation is 1. The second kappa shape index (κ2) is 4.04. The van der Waals surface area contributed by atoms with Gasteiger partial charge in [0.2, 0.25) is 0 Å². The fourth-order valence-corrected chi connectivity index (χ4v) is 2.63. The predicted molar refractivity (Wildman–Crippen MR) is 64.7 cm³/mol. The summed E-state index contributed by atoms with van der Waals surface area (Å²) in [5.74, 6) is 1.66. The van der Waals surface area contributed by atoms with Crippen LogP contribution in [0.1, 0.15) is 12.0 Å². The minimum Gasteiger partial charge on any atom is -0.487 e. The average Bonchev–Trinajstić information content (AvgIpc) is 2.71. The molecule has 1 aromatic heterocycles. The van der Waals surface area contributed by atoms with Gasteiger partial charge in [0.05, 0.1) is 12.6 Å². The van der Waals surface area contributed by atoms with Crippen molar-refractivity contribution in [2.24, 2.45) is 5.73 Å². The Kier molecular flexibility index (Phi) is 2.50. The number of amides is 1. The number of fused-ring (bicyclic) bond motifs is 3. The van der Waals surface area contributed by atoms with Gasteiger partial charge in [-0.3, -0.25) is 0 Å². The summed E-state index contributed by atoms with van der Waals surface area (Å²) in [4.78, 5) is 17.3. The number of nitrogens with two attached hydrogens (primary N) is 1. The van der Waals surface area contributed by atoms with E-state index in [9.17, 15) is 4.79 Å². The van der Waals surface area contributed by atoms with Gasteiger partial charge in [-0.05, 0) is 18.6 Å². The molecule has 0 radical (unpaired) electrons. The van der Waals surface area contributed by atoms with Crippen molar-refractivity contribution in [2.75, 3.05) is 18.1 Å². The highest BCUT2D eigenvalue weighted by Gasteiger charge is 2.39. The molecule has 0 saturated carbocycles. The minimum absolute atomic E-state index is 0.177. The Hall–Kier alpha value is -1.98. The monoisotopic (exact) mass is 249 g/mol. The third kappa shape index (κ3) is 1.73. The zero-order valence-electron chi connectivity index (χ0n) is 10.1. The number of ether oxygens (including phenoxy) is 2. The van der Waals surface area contributed by atoms with Gasteiger partial charge in [-0.25, -0.2) is 9.78 Å². The molecule has 2 atom stereocenters. The van der Waals surface area contributed by atoms with Crippen LogP contribution >= 0.6 is 0 Å². The highest BCUT2D eigenvalue weighted by molar-refractivity contribution is 5.65. The number of aromatic nitrogens is 1. The van der Waals surface area contributed by atoms with E-state index in [1.807, 2.05) is 13.0 Å². The Morgan fingerprint density at radius 2 is 2.50 bits per heavy atom. The fraction of sp³-hybridized carbons (Fsp3) is 0.500. The van der Waals surface area contributed by atoms with Gasteiger partial charge in [0, 0.05) is 12.6 Å². The van der Waals surface area contributed by atoms with E-state index >= 15 is 0 Å². The zero-order chi connectivity index (χ0) is 12.7. The quantitative estimate of drug-likeness (QED) is 0.797. The summed E-state index contributed by atoms with van der Waals surface area (Å²) in [5, 5.41) is 0. The normalized spacial score (nSPS) is 25.1. The van der Waals surface area contributed by atoms with Gasteiger partial charge in [0.25, 0.3) is 0 Å². The lowest BCUT2D eigenvalue weighted by molar-refractivity contribution is 0.114. The van der Waals surface area contributed by atoms with Crippen molar-refractivity contribution in [1.29, 1.82) is 0 Å². The van der Waals surface area contributed by atoms with Gasteiger partial charge >= 0.3 is 6.09 Å². The highest BCUT2D eigenvalue weighted by atomic mass is 16.6. The molecule has 1 saturated heterocycles. The van der Waals surface area contributed by atoms with Crippen LogP contribution in [0.2, 0.25) is 0 Å². The van der Waals surface area contributed by atoms with Crippen molar-refractivity contribution in [1.82, 2.24) is 4.98 Å². The molecule has 0 spiro atoms. The lowest BCUT2D eigenvalue weighted by Gasteiger charge is -2.32. The molecule has 3 rings (SSSR count). The first-order valence-electron chi connectivity index (χ1n) is 5.96. The van der Waals surface area contributed by atoms with Crippen molar-refractivity contribution in [3.63, 3.8) is 0 Å². The van der Waals surface area contributed by atoms with Crippen molar-refractivity contribution < 1.29 is 14.3 Å². The van der Waals surface area contributed by atoms with Gasteiger partial charge in [0.1, 0.15) is 12.7 Å². The van der Waals surface area contributed by atoms with Crippen LogP contribution in [0, 0.1) is 6.92 Å². The first kappa shape index (κ1) is 11.1. The minimum atomic E-state index is -0.724. The summed E-state index contributed by atoms with van der Waals surface area (Å²) in [7, 11) is 0. The maximum Gasteiger partial charge on any atom is 0.404 e. The van der Waals surface area contributed by atoms with E-state index in [-0.39, 0.29) is 12.1 Å². The number of hydrogen-bond acceptors (Lipinski definition) is 5. The van der Waals surface area contributed by atoms with Crippen molar-refractivity contribution >= 4 is 11.9 Å². The molecule has 96 valence electrons. The number of primary amides is 1. The fourth-order valence-electron chi connectivity index (χ4n) is 2.63. The van der Waals surface area contributed by atoms with Crippen LogP contribution in [0.4, 0.5) is 10.6 Å². The molecule has 2 aliphatic rings. The van der Waals surface area contributed by atoms with E-state index in [2.05, 4.69) is 9.88 Å². The number of carbonyl (C=O) groups excluding carboxylic acids is 1. The molecule has 0 unspecified atom stereocenters. The summed E-state index contributed by atoms with van der Waals surface area (Å²) >= 11 is 0. The summed E-state index contributed by atoms with van der Waals surface area (Å²) in [6.07, 6.45) is 1.60. The number of anilines is 1. The SMILES string of the molecule is Cc1ccnc2c1OC[C@@H]1C[C@H](OC(N)=O)CN21. The Labute approximate surface area is 105 Å².